The maximum Gasteiger partial charge on any atom is 0.135 e. The van der Waals surface area contributed by atoms with Crippen molar-refractivity contribution < 1.29 is 4.42 Å². The SMILES string of the molecule is Cc1cc(-c2ccc3oc4ccc(Cc5ccccc5)cc4c3c2)ncc1-c1ccccc1. The van der Waals surface area contributed by atoms with Crippen LogP contribution in [0.15, 0.2) is 114 Å². The third-order valence-electron chi connectivity index (χ3n) is 6.28. The van der Waals surface area contributed by atoms with E-state index in [1.54, 1.807) is 0 Å². The minimum absolute atomic E-state index is 0.906. The van der Waals surface area contributed by atoms with Crippen molar-refractivity contribution in [3.05, 3.63) is 126 Å². The van der Waals surface area contributed by atoms with Gasteiger partial charge in [0, 0.05) is 28.1 Å². The van der Waals surface area contributed by atoms with Crippen LogP contribution in [0.3, 0.4) is 0 Å². The molecule has 33 heavy (non-hydrogen) atoms. The Morgan fingerprint density at radius 1 is 0.636 bits per heavy atom. The van der Waals surface area contributed by atoms with Gasteiger partial charge in [-0.3, -0.25) is 4.98 Å². The van der Waals surface area contributed by atoms with E-state index in [-0.39, 0.29) is 0 Å². The second-order valence-corrected chi connectivity index (χ2v) is 8.56. The van der Waals surface area contributed by atoms with Gasteiger partial charge in [-0.25, -0.2) is 0 Å². The summed E-state index contributed by atoms with van der Waals surface area (Å²) in [4.78, 5) is 4.80. The van der Waals surface area contributed by atoms with Crippen molar-refractivity contribution in [3.8, 4) is 22.4 Å². The van der Waals surface area contributed by atoms with Gasteiger partial charge in [0.1, 0.15) is 11.2 Å². The number of nitrogens with zero attached hydrogens (tertiary/aromatic N) is 1. The highest BCUT2D eigenvalue weighted by molar-refractivity contribution is 6.06. The molecule has 0 saturated carbocycles. The van der Waals surface area contributed by atoms with Crippen LogP contribution < -0.4 is 0 Å². The summed E-state index contributed by atoms with van der Waals surface area (Å²) in [5, 5.41) is 2.28. The molecule has 2 nitrogen and oxygen atoms in total. The number of fused-ring (bicyclic) bond motifs is 3. The Hall–Kier alpha value is -4.17. The van der Waals surface area contributed by atoms with Crippen molar-refractivity contribution in [1.82, 2.24) is 4.98 Å². The molecule has 0 amide bonds. The first-order valence-electron chi connectivity index (χ1n) is 11.3. The highest BCUT2D eigenvalue weighted by Crippen LogP contribution is 2.34. The Morgan fingerprint density at radius 2 is 1.33 bits per heavy atom. The Bertz CT molecular complexity index is 1580. The lowest BCUT2D eigenvalue weighted by Crippen LogP contribution is -1.89. The van der Waals surface area contributed by atoms with Gasteiger partial charge < -0.3 is 4.42 Å². The molecule has 2 heteroatoms. The molecule has 158 valence electrons. The maximum atomic E-state index is 6.13. The number of benzene rings is 4. The summed E-state index contributed by atoms with van der Waals surface area (Å²) in [6, 6.07) is 36.0. The Kier molecular flexibility index (Phi) is 4.77. The zero-order valence-corrected chi connectivity index (χ0v) is 18.5. The predicted molar refractivity (Wildman–Crippen MR) is 136 cm³/mol. The van der Waals surface area contributed by atoms with Gasteiger partial charge in [0.15, 0.2) is 0 Å². The number of furan rings is 1. The molecule has 6 rings (SSSR count). The Labute approximate surface area is 193 Å². The van der Waals surface area contributed by atoms with Gasteiger partial charge >= 0.3 is 0 Å². The van der Waals surface area contributed by atoms with Gasteiger partial charge in [-0.1, -0.05) is 66.7 Å². The van der Waals surface area contributed by atoms with Crippen LogP contribution in [-0.2, 0) is 6.42 Å². The highest BCUT2D eigenvalue weighted by atomic mass is 16.3. The minimum atomic E-state index is 0.906. The van der Waals surface area contributed by atoms with Crippen LogP contribution in [0.25, 0.3) is 44.3 Å². The molecule has 0 atom stereocenters. The summed E-state index contributed by atoms with van der Waals surface area (Å²) in [5.41, 5.74) is 10.1. The molecule has 0 fully saturated rings. The second kappa shape index (κ2) is 8.07. The highest BCUT2D eigenvalue weighted by Gasteiger charge is 2.11. The quantitative estimate of drug-likeness (QED) is 0.284. The molecule has 0 aliphatic rings. The second-order valence-electron chi connectivity index (χ2n) is 8.56. The first-order chi connectivity index (χ1) is 16.2. The fourth-order valence-electron chi connectivity index (χ4n) is 4.56. The molecule has 0 radical (unpaired) electrons. The average molecular weight is 426 g/mol. The topological polar surface area (TPSA) is 26.0 Å². The van der Waals surface area contributed by atoms with E-state index < -0.39 is 0 Å². The third-order valence-corrected chi connectivity index (χ3v) is 6.28. The molecule has 0 bridgehead atoms. The van der Waals surface area contributed by atoms with Crippen LogP contribution in [0.1, 0.15) is 16.7 Å². The maximum absolute atomic E-state index is 6.13. The van der Waals surface area contributed by atoms with Gasteiger partial charge in [-0.05, 0) is 72.0 Å². The fourth-order valence-corrected chi connectivity index (χ4v) is 4.56. The summed E-state index contributed by atoms with van der Waals surface area (Å²) in [6.07, 6.45) is 2.89. The largest absolute Gasteiger partial charge is 0.456 e. The van der Waals surface area contributed by atoms with Gasteiger partial charge in [0.05, 0.1) is 5.69 Å². The number of aryl methyl sites for hydroxylation is 1. The van der Waals surface area contributed by atoms with E-state index in [9.17, 15) is 0 Å². The van der Waals surface area contributed by atoms with Crippen LogP contribution in [0, 0.1) is 6.92 Å². The normalized spacial score (nSPS) is 11.3. The first-order valence-corrected chi connectivity index (χ1v) is 11.3. The van der Waals surface area contributed by atoms with Crippen molar-refractivity contribution in [3.63, 3.8) is 0 Å². The van der Waals surface area contributed by atoms with E-state index >= 15 is 0 Å². The number of pyridine rings is 1. The van der Waals surface area contributed by atoms with Crippen molar-refractivity contribution in [1.29, 1.82) is 0 Å². The van der Waals surface area contributed by atoms with Crippen molar-refractivity contribution >= 4 is 21.9 Å². The van der Waals surface area contributed by atoms with E-state index in [1.165, 1.54) is 27.8 Å². The summed E-state index contributed by atoms with van der Waals surface area (Å²) < 4.78 is 6.13. The molecular weight excluding hydrogens is 402 g/mol. The van der Waals surface area contributed by atoms with Crippen LogP contribution in [-0.4, -0.2) is 4.98 Å². The monoisotopic (exact) mass is 425 g/mol. The third kappa shape index (κ3) is 3.70. The molecular formula is C31H23NO. The molecule has 0 aliphatic heterocycles. The molecule has 0 aliphatic carbocycles. The van der Waals surface area contributed by atoms with Crippen molar-refractivity contribution in [2.45, 2.75) is 13.3 Å². The molecule has 2 heterocycles. The van der Waals surface area contributed by atoms with E-state index in [1.807, 2.05) is 12.3 Å². The smallest absolute Gasteiger partial charge is 0.135 e. The molecule has 2 aromatic heterocycles. The molecule has 6 aromatic rings. The number of rotatable bonds is 4. The van der Waals surface area contributed by atoms with E-state index in [2.05, 4.69) is 104 Å². The van der Waals surface area contributed by atoms with Crippen LogP contribution in [0.5, 0.6) is 0 Å². The van der Waals surface area contributed by atoms with Crippen molar-refractivity contribution in [2.75, 3.05) is 0 Å². The lowest BCUT2D eigenvalue weighted by atomic mass is 9.99. The van der Waals surface area contributed by atoms with Crippen molar-refractivity contribution in [2.24, 2.45) is 0 Å². The average Bonchev–Trinajstić information content (AvgIpc) is 3.22. The zero-order chi connectivity index (χ0) is 22.2. The van der Waals surface area contributed by atoms with E-state index in [0.29, 0.717) is 0 Å². The van der Waals surface area contributed by atoms with Crippen LogP contribution in [0.4, 0.5) is 0 Å². The summed E-state index contributed by atoms with van der Waals surface area (Å²) in [6.45, 7) is 2.15. The zero-order valence-electron chi connectivity index (χ0n) is 18.5. The van der Waals surface area contributed by atoms with E-state index in [0.717, 1.165) is 39.6 Å². The predicted octanol–water partition coefficient (Wildman–Crippen LogP) is 8.21. The van der Waals surface area contributed by atoms with Crippen LogP contribution >= 0.6 is 0 Å². The van der Waals surface area contributed by atoms with Gasteiger partial charge in [-0.15, -0.1) is 0 Å². The number of hydrogen-bond acceptors (Lipinski definition) is 2. The number of aromatic nitrogens is 1. The summed E-state index contributed by atoms with van der Waals surface area (Å²) in [5.74, 6) is 0. The van der Waals surface area contributed by atoms with Gasteiger partial charge in [-0.2, -0.15) is 0 Å². The fraction of sp³-hybridized carbons (Fsp3) is 0.0645. The molecule has 0 saturated heterocycles. The molecule has 0 spiro atoms. The minimum Gasteiger partial charge on any atom is -0.456 e. The summed E-state index contributed by atoms with van der Waals surface area (Å²) in [7, 11) is 0. The van der Waals surface area contributed by atoms with Crippen LogP contribution in [0.2, 0.25) is 0 Å². The Balaban J connectivity index is 1.40. The first kappa shape index (κ1) is 19.5. The standard InChI is InChI=1S/C31H23NO/c1-21-16-29(32-20-28(21)24-10-6-3-7-11-24)25-13-15-31-27(19-25)26-18-23(12-14-30(26)33-31)17-22-8-4-2-5-9-22/h2-16,18-20H,17H2,1H3. The lowest BCUT2D eigenvalue weighted by molar-refractivity contribution is 0.669. The van der Waals surface area contributed by atoms with E-state index in [4.69, 9.17) is 9.40 Å². The summed E-state index contributed by atoms with van der Waals surface area (Å²) >= 11 is 0. The number of hydrogen-bond donors (Lipinski definition) is 0. The molecule has 0 N–H and O–H groups in total. The lowest BCUT2D eigenvalue weighted by Gasteiger charge is -2.08. The van der Waals surface area contributed by atoms with Gasteiger partial charge in [0.2, 0.25) is 0 Å². The van der Waals surface area contributed by atoms with Gasteiger partial charge in [0.25, 0.3) is 0 Å². The molecule has 0 unspecified atom stereocenters. The molecule has 4 aromatic carbocycles. The Morgan fingerprint density at radius 3 is 2.09 bits per heavy atom.